The number of aliphatic hydroxyl groups is 2. The van der Waals surface area contributed by atoms with E-state index in [2.05, 4.69) is 0 Å². The zero-order chi connectivity index (χ0) is 16.3. The largest absolute Gasteiger partial charge is 0.484 e. The molecule has 1 heterocycles. The summed E-state index contributed by atoms with van der Waals surface area (Å²) in [5.41, 5.74) is -1.14. The molecule has 2 rings (SSSR count). The normalized spacial score (nSPS) is 25.1. The topological polar surface area (TPSA) is 70.0 Å². The van der Waals surface area contributed by atoms with Gasteiger partial charge in [-0.3, -0.25) is 4.79 Å². The molecule has 1 aromatic carbocycles. The Morgan fingerprint density at radius 2 is 2.32 bits per heavy atom. The number of β-amino-alcohol motifs (C(OH)–C–C–N with tert-alkyl or cyclic N) is 1. The molecule has 5 nitrogen and oxygen atoms in total. The molecule has 7 heteroatoms. The molecule has 0 radical (unpaired) electrons. The molecule has 2 N–H and O–H groups in total. The van der Waals surface area contributed by atoms with E-state index in [1.807, 2.05) is 0 Å². The number of carbonyl (C=O) groups excluding carboxylic acids is 1. The third kappa shape index (κ3) is 3.69. The fourth-order valence-corrected chi connectivity index (χ4v) is 2.58. The van der Waals surface area contributed by atoms with Crippen LogP contribution in [0.1, 0.15) is 19.8 Å². The van der Waals surface area contributed by atoms with Gasteiger partial charge in [0, 0.05) is 19.2 Å². The van der Waals surface area contributed by atoms with Crippen LogP contribution >= 0.6 is 11.6 Å². The van der Waals surface area contributed by atoms with Gasteiger partial charge in [-0.2, -0.15) is 0 Å². The first-order valence-corrected chi connectivity index (χ1v) is 7.49. The van der Waals surface area contributed by atoms with Crippen molar-refractivity contribution in [2.75, 3.05) is 19.7 Å². The number of carbonyl (C=O) groups is 1. The van der Waals surface area contributed by atoms with Crippen LogP contribution in [0.4, 0.5) is 4.39 Å². The average molecular weight is 332 g/mol. The minimum absolute atomic E-state index is 0.0662. The van der Waals surface area contributed by atoms with Crippen LogP contribution < -0.4 is 4.74 Å². The lowest BCUT2D eigenvalue weighted by molar-refractivity contribution is -0.151. The second-order valence-corrected chi connectivity index (χ2v) is 5.83. The fraction of sp³-hybridized carbons (Fsp3) is 0.533. The summed E-state index contributed by atoms with van der Waals surface area (Å²) in [4.78, 5) is 13.5. The highest BCUT2D eigenvalue weighted by atomic mass is 35.5. The van der Waals surface area contributed by atoms with Gasteiger partial charge in [0.05, 0.1) is 10.6 Å². The molecule has 0 saturated carbocycles. The van der Waals surface area contributed by atoms with E-state index in [9.17, 15) is 19.4 Å². The number of likely N-dealkylation sites (tertiary alicyclic amines) is 1. The highest BCUT2D eigenvalue weighted by Gasteiger charge is 2.40. The first-order valence-electron chi connectivity index (χ1n) is 7.12. The summed E-state index contributed by atoms with van der Waals surface area (Å²) in [5.74, 6) is -0.571. The predicted octanol–water partition coefficient (Wildman–Crippen LogP) is 1.59. The Morgan fingerprint density at radius 1 is 1.59 bits per heavy atom. The highest BCUT2D eigenvalue weighted by Crippen LogP contribution is 2.26. The van der Waals surface area contributed by atoms with Gasteiger partial charge < -0.3 is 19.8 Å². The summed E-state index contributed by atoms with van der Waals surface area (Å²) in [5, 5.41) is 20.0. The summed E-state index contributed by atoms with van der Waals surface area (Å²) in [6.45, 7) is 1.98. The number of rotatable bonds is 4. The van der Waals surface area contributed by atoms with Crippen molar-refractivity contribution < 1.29 is 24.1 Å². The number of aliphatic hydroxyl groups excluding tert-OH is 1. The lowest BCUT2D eigenvalue weighted by atomic mass is 9.86. The van der Waals surface area contributed by atoms with E-state index in [1.165, 1.54) is 17.0 Å². The zero-order valence-corrected chi connectivity index (χ0v) is 13.0. The minimum atomic E-state index is -1.14. The molecule has 1 aliphatic heterocycles. The van der Waals surface area contributed by atoms with Gasteiger partial charge in [0.2, 0.25) is 0 Å². The molecular formula is C15H19ClFNO4. The Labute approximate surface area is 133 Å². The van der Waals surface area contributed by atoms with Crippen LogP contribution in [0, 0.1) is 5.82 Å². The van der Waals surface area contributed by atoms with Crippen molar-refractivity contribution in [2.45, 2.75) is 31.5 Å². The molecule has 2 atom stereocenters. The number of nitrogens with zero attached hydrogens (tertiary/aromatic N) is 1. The Balaban J connectivity index is 1.89. The predicted molar refractivity (Wildman–Crippen MR) is 79.3 cm³/mol. The Morgan fingerprint density at radius 3 is 2.91 bits per heavy atom. The number of benzene rings is 1. The standard InChI is InChI=1S/C15H19ClFNO4/c1-2-15(21)5-6-18(8-13(15)19)14(20)9-22-10-3-4-12(17)11(16)7-10/h3-4,7,13,19,21H,2,5-6,8-9H2,1H3/t13-,15-/m1/s1. The second kappa shape index (κ2) is 6.81. The van der Waals surface area contributed by atoms with Gasteiger partial charge >= 0.3 is 0 Å². The van der Waals surface area contributed by atoms with Crippen molar-refractivity contribution in [3.8, 4) is 5.75 Å². The molecular weight excluding hydrogens is 313 g/mol. The van der Waals surface area contributed by atoms with E-state index < -0.39 is 17.5 Å². The number of piperidine rings is 1. The zero-order valence-electron chi connectivity index (χ0n) is 12.3. The number of amides is 1. The van der Waals surface area contributed by atoms with Crippen molar-refractivity contribution in [2.24, 2.45) is 0 Å². The molecule has 22 heavy (non-hydrogen) atoms. The molecule has 1 amide bonds. The Bertz CT molecular complexity index is 556. The average Bonchev–Trinajstić information content (AvgIpc) is 2.51. The van der Waals surface area contributed by atoms with Crippen LogP contribution in [0.15, 0.2) is 18.2 Å². The maximum absolute atomic E-state index is 13.0. The lowest BCUT2D eigenvalue weighted by Crippen LogP contribution is -2.57. The van der Waals surface area contributed by atoms with E-state index in [1.54, 1.807) is 6.92 Å². The maximum Gasteiger partial charge on any atom is 0.260 e. The van der Waals surface area contributed by atoms with Gasteiger partial charge in [-0.25, -0.2) is 4.39 Å². The summed E-state index contributed by atoms with van der Waals surface area (Å²) in [6, 6.07) is 3.84. The fourth-order valence-electron chi connectivity index (χ4n) is 2.41. The molecule has 1 saturated heterocycles. The van der Waals surface area contributed by atoms with Gasteiger partial charge in [-0.1, -0.05) is 18.5 Å². The number of hydrogen-bond donors (Lipinski definition) is 2. The lowest BCUT2D eigenvalue weighted by Gasteiger charge is -2.41. The van der Waals surface area contributed by atoms with Gasteiger partial charge in [-0.15, -0.1) is 0 Å². The van der Waals surface area contributed by atoms with E-state index in [0.29, 0.717) is 25.1 Å². The molecule has 0 unspecified atom stereocenters. The Hall–Kier alpha value is -1.37. The van der Waals surface area contributed by atoms with Crippen LogP contribution in [0.25, 0.3) is 0 Å². The maximum atomic E-state index is 13.0. The molecule has 0 aromatic heterocycles. The van der Waals surface area contributed by atoms with Crippen molar-refractivity contribution in [3.05, 3.63) is 29.0 Å². The van der Waals surface area contributed by atoms with E-state index in [-0.39, 0.29) is 24.1 Å². The van der Waals surface area contributed by atoms with Crippen molar-refractivity contribution in [3.63, 3.8) is 0 Å². The monoisotopic (exact) mass is 331 g/mol. The van der Waals surface area contributed by atoms with Gasteiger partial charge in [0.1, 0.15) is 17.7 Å². The highest BCUT2D eigenvalue weighted by molar-refractivity contribution is 6.30. The number of halogens is 2. The minimum Gasteiger partial charge on any atom is -0.484 e. The van der Waals surface area contributed by atoms with E-state index in [4.69, 9.17) is 16.3 Å². The first kappa shape index (κ1) is 17.0. The van der Waals surface area contributed by atoms with Crippen LogP contribution in [-0.2, 0) is 4.79 Å². The quantitative estimate of drug-likeness (QED) is 0.879. The van der Waals surface area contributed by atoms with Crippen molar-refractivity contribution >= 4 is 17.5 Å². The summed E-state index contributed by atoms with van der Waals surface area (Å²) in [6.07, 6.45) is -0.227. The van der Waals surface area contributed by atoms with Crippen LogP contribution in [0.3, 0.4) is 0 Å². The molecule has 1 fully saturated rings. The summed E-state index contributed by atoms with van der Waals surface area (Å²) < 4.78 is 18.3. The van der Waals surface area contributed by atoms with Gasteiger partial charge in [0.15, 0.2) is 6.61 Å². The molecule has 0 spiro atoms. The van der Waals surface area contributed by atoms with E-state index in [0.717, 1.165) is 6.07 Å². The number of ether oxygens (including phenoxy) is 1. The van der Waals surface area contributed by atoms with Crippen LogP contribution in [0.5, 0.6) is 5.75 Å². The molecule has 0 bridgehead atoms. The second-order valence-electron chi connectivity index (χ2n) is 5.43. The van der Waals surface area contributed by atoms with Crippen molar-refractivity contribution in [1.82, 2.24) is 4.90 Å². The van der Waals surface area contributed by atoms with Crippen LogP contribution in [0.2, 0.25) is 5.02 Å². The van der Waals surface area contributed by atoms with Crippen LogP contribution in [-0.4, -0.2) is 52.4 Å². The molecule has 1 aromatic rings. The first-order chi connectivity index (χ1) is 10.4. The summed E-state index contributed by atoms with van der Waals surface area (Å²) >= 11 is 5.63. The third-order valence-corrected chi connectivity index (χ3v) is 4.34. The number of hydrogen-bond acceptors (Lipinski definition) is 4. The van der Waals surface area contributed by atoms with Gasteiger partial charge in [-0.05, 0) is 25.0 Å². The molecule has 122 valence electrons. The van der Waals surface area contributed by atoms with Crippen molar-refractivity contribution in [1.29, 1.82) is 0 Å². The Kier molecular flexibility index (Phi) is 5.26. The third-order valence-electron chi connectivity index (χ3n) is 4.05. The smallest absolute Gasteiger partial charge is 0.260 e. The molecule has 1 aliphatic rings. The summed E-state index contributed by atoms with van der Waals surface area (Å²) in [7, 11) is 0. The van der Waals surface area contributed by atoms with E-state index >= 15 is 0 Å². The molecule has 0 aliphatic carbocycles. The van der Waals surface area contributed by atoms with Gasteiger partial charge in [0.25, 0.3) is 5.91 Å². The SMILES string of the molecule is CC[C@@]1(O)CCN(C(=O)COc2ccc(F)c(Cl)c2)C[C@H]1O.